The minimum Gasteiger partial charge on any atom is -0.349 e. The third kappa shape index (κ3) is 4.13. The molecule has 0 aromatic heterocycles. The second kappa shape index (κ2) is 8.42. The molecule has 2 aliphatic heterocycles. The number of hydrogen-bond donors (Lipinski definition) is 3. The lowest BCUT2D eigenvalue weighted by molar-refractivity contribution is -0.124. The molecule has 3 unspecified atom stereocenters. The van der Waals surface area contributed by atoms with Gasteiger partial charge in [0.2, 0.25) is 11.8 Å². The van der Waals surface area contributed by atoms with Crippen molar-refractivity contribution in [3.8, 4) is 12.1 Å². The van der Waals surface area contributed by atoms with Gasteiger partial charge in [0.05, 0.1) is 30.2 Å². The molecule has 150 valence electrons. The van der Waals surface area contributed by atoms with Gasteiger partial charge in [0, 0.05) is 34.7 Å². The van der Waals surface area contributed by atoms with E-state index in [0.29, 0.717) is 5.57 Å². The number of nitriles is 2. The summed E-state index contributed by atoms with van der Waals surface area (Å²) in [5.41, 5.74) is 0.933. The number of rotatable bonds is 4. The quantitative estimate of drug-likeness (QED) is 0.715. The first-order valence-electron chi connectivity index (χ1n) is 9.52. The SMILES string of the molecule is CC1NCCC2NC(=O)C(CC(=O)N[C@H](C)c3ccc(C#N)cc3F)=C(C#N)C12. The summed E-state index contributed by atoms with van der Waals surface area (Å²) in [5.74, 6) is -1.64. The second-order valence-corrected chi connectivity index (χ2v) is 7.46. The van der Waals surface area contributed by atoms with Crippen molar-refractivity contribution in [1.29, 1.82) is 10.5 Å². The third-order valence-electron chi connectivity index (χ3n) is 5.57. The average molecular weight is 395 g/mol. The molecule has 7 nitrogen and oxygen atoms in total. The van der Waals surface area contributed by atoms with Crippen LogP contribution >= 0.6 is 0 Å². The number of amides is 2. The van der Waals surface area contributed by atoms with Crippen molar-refractivity contribution in [3.05, 3.63) is 46.3 Å². The number of piperidine rings is 1. The third-order valence-corrected chi connectivity index (χ3v) is 5.57. The number of carbonyl (C=O) groups is 2. The van der Waals surface area contributed by atoms with Gasteiger partial charge >= 0.3 is 0 Å². The predicted octanol–water partition coefficient (Wildman–Crippen LogP) is 1.58. The van der Waals surface area contributed by atoms with Gasteiger partial charge in [0.25, 0.3) is 0 Å². The van der Waals surface area contributed by atoms with Gasteiger partial charge in [-0.1, -0.05) is 6.07 Å². The van der Waals surface area contributed by atoms with Crippen LogP contribution in [0, 0.1) is 34.4 Å². The molecule has 2 amide bonds. The Labute approximate surface area is 168 Å². The van der Waals surface area contributed by atoms with E-state index in [1.807, 2.05) is 13.0 Å². The van der Waals surface area contributed by atoms with Gasteiger partial charge in [-0.15, -0.1) is 0 Å². The summed E-state index contributed by atoms with van der Waals surface area (Å²) in [7, 11) is 0. The predicted molar refractivity (Wildman–Crippen MR) is 102 cm³/mol. The average Bonchev–Trinajstić information content (AvgIpc) is 2.68. The van der Waals surface area contributed by atoms with Gasteiger partial charge in [-0.05, 0) is 38.9 Å². The molecular weight excluding hydrogens is 373 g/mol. The van der Waals surface area contributed by atoms with Crippen LogP contribution in [0.2, 0.25) is 0 Å². The van der Waals surface area contributed by atoms with Gasteiger partial charge in [-0.2, -0.15) is 10.5 Å². The number of hydrogen-bond acceptors (Lipinski definition) is 5. The molecule has 8 heteroatoms. The molecule has 1 fully saturated rings. The van der Waals surface area contributed by atoms with Crippen molar-refractivity contribution >= 4 is 11.8 Å². The maximum absolute atomic E-state index is 14.2. The van der Waals surface area contributed by atoms with E-state index < -0.39 is 23.7 Å². The Morgan fingerprint density at radius 1 is 1.38 bits per heavy atom. The van der Waals surface area contributed by atoms with Crippen molar-refractivity contribution in [2.75, 3.05) is 6.54 Å². The molecule has 0 bridgehead atoms. The summed E-state index contributed by atoms with van der Waals surface area (Å²) in [6, 6.07) is 7.26. The minimum absolute atomic E-state index is 0.00808. The summed E-state index contributed by atoms with van der Waals surface area (Å²) in [5, 5.41) is 27.4. The summed E-state index contributed by atoms with van der Waals surface area (Å²) < 4.78 is 14.2. The Morgan fingerprint density at radius 3 is 2.79 bits per heavy atom. The highest BCUT2D eigenvalue weighted by Gasteiger charge is 2.41. The fourth-order valence-corrected chi connectivity index (χ4v) is 4.11. The summed E-state index contributed by atoms with van der Waals surface area (Å²) >= 11 is 0. The zero-order valence-corrected chi connectivity index (χ0v) is 16.3. The lowest BCUT2D eigenvalue weighted by Crippen LogP contribution is -2.57. The smallest absolute Gasteiger partial charge is 0.248 e. The van der Waals surface area contributed by atoms with Crippen LogP contribution in [0.5, 0.6) is 0 Å². The molecule has 2 heterocycles. The van der Waals surface area contributed by atoms with Crippen molar-refractivity contribution in [2.45, 2.75) is 44.8 Å². The fourth-order valence-electron chi connectivity index (χ4n) is 4.11. The number of fused-ring (bicyclic) bond motifs is 1. The van der Waals surface area contributed by atoms with Gasteiger partial charge in [0.15, 0.2) is 0 Å². The lowest BCUT2D eigenvalue weighted by atomic mass is 9.76. The molecule has 1 saturated heterocycles. The van der Waals surface area contributed by atoms with Crippen molar-refractivity contribution in [2.24, 2.45) is 5.92 Å². The largest absolute Gasteiger partial charge is 0.349 e. The van der Waals surface area contributed by atoms with Crippen LogP contribution in [0.15, 0.2) is 29.3 Å². The molecule has 3 N–H and O–H groups in total. The summed E-state index contributed by atoms with van der Waals surface area (Å²) in [6.45, 7) is 4.33. The van der Waals surface area contributed by atoms with E-state index >= 15 is 0 Å². The zero-order valence-electron chi connectivity index (χ0n) is 16.3. The van der Waals surface area contributed by atoms with E-state index in [1.54, 1.807) is 6.92 Å². The Morgan fingerprint density at radius 2 is 2.14 bits per heavy atom. The number of halogens is 1. The van der Waals surface area contributed by atoms with Crippen LogP contribution in [0.4, 0.5) is 4.39 Å². The molecule has 0 saturated carbocycles. The molecular formula is C21H22FN5O2. The molecule has 0 spiro atoms. The molecule has 0 radical (unpaired) electrons. The highest BCUT2D eigenvalue weighted by Crippen LogP contribution is 2.32. The van der Waals surface area contributed by atoms with Gasteiger partial charge < -0.3 is 16.0 Å². The second-order valence-electron chi connectivity index (χ2n) is 7.46. The number of benzene rings is 1. The number of carbonyl (C=O) groups excluding carboxylic acids is 2. The molecule has 0 aliphatic carbocycles. The van der Waals surface area contributed by atoms with E-state index in [-0.39, 0.29) is 41.1 Å². The van der Waals surface area contributed by atoms with E-state index in [0.717, 1.165) is 19.0 Å². The van der Waals surface area contributed by atoms with Crippen LogP contribution < -0.4 is 16.0 Å². The standard InChI is InChI=1S/C21H22FN5O2/c1-11(14-4-3-13(9-23)7-17(14)22)26-19(28)8-15-16(10-24)20-12(2)25-6-5-18(20)27-21(15)29/h3-4,7,11-12,18,20,25H,5-6,8H2,1-2H3,(H,26,28)(H,27,29)/t11-,12?,18?,20?/m1/s1. The molecule has 2 aliphatic rings. The van der Waals surface area contributed by atoms with Crippen LogP contribution in [-0.4, -0.2) is 30.4 Å². The molecule has 1 aromatic rings. The topological polar surface area (TPSA) is 118 Å². The van der Waals surface area contributed by atoms with Crippen LogP contribution in [0.1, 0.15) is 43.9 Å². The Balaban J connectivity index is 1.77. The van der Waals surface area contributed by atoms with E-state index in [2.05, 4.69) is 22.0 Å². The van der Waals surface area contributed by atoms with E-state index in [9.17, 15) is 19.2 Å². The molecule has 29 heavy (non-hydrogen) atoms. The highest BCUT2D eigenvalue weighted by molar-refractivity contribution is 6.01. The van der Waals surface area contributed by atoms with Gasteiger partial charge in [0.1, 0.15) is 5.82 Å². The molecule has 4 atom stereocenters. The van der Waals surface area contributed by atoms with Crippen LogP contribution in [0.25, 0.3) is 0 Å². The van der Waals surface area contributed by atoms with Crippen molar-refractivity contribution in [3.63, 3.8) is 0 Å². The Kier molecular flexibility index (Phi) is 5.95. The highest BCUT2D eigenvalue weighted by atomic mass is 19.1. The zero-order chi connectivity index (χ0) is 21.1. The first-order chi connectivity index (χ1) is 13.8. The van der Waals surface area contributed by atoms with Crippen LogP contribution in [-0.2, 0) is 9.59 Å². The molecule has 1 aromatic carbocycles. The number of nitrogens with one attached hydrogen (secondary N) is 3. The maximum Gasteiger partial charge on any atom is 0.248 e. The fraction of sp³-hybridized carbons (Fsp3) is 0.429. The Bertz CT molecular complexity index is 959. The first kappa shape index (κ1) is 20.5. The van der Waals surface area contributed by atoms with Crippen molar-refractivity contribution < 1.29 is 14.0 Å². The lowest BCUT2D eigenvalue weighted by Gasteiger charge is -2.41. The first-order valence-corrected chi connectivity index (χ1v) is 9.52. The van der Waals surface area contributed by atoms with Gasteiger partial charge in [-0.25, -0.2) is 4.39 Å². The van der Waals surface area contributed by atoms with Gasteiger partial charge in [-0.3, -0.25) is 9.59 Å². The minimum atomic E-state index is -0.656. The van der Waals surface area contributed by atoms with Crippen molar-refractivity contribution in [1.82, 2.24) is 16.0 Å². The van der Waals surface area contributed by atoms with Crippen LogP contribution in [0.3, 0.4) is 0 Å². The van der Waals surface area contributed by atoms with E-state index in [4.69, 9.17) is 5.26 Å². The summed E-state index contributed by atoms with van der Waals surface area (Å²) in [4.78, 5) is 25.1. The molecule has 3 rings (SSSR count). The van der Waals surface area contributed by atoms with E-state index in [1.165, 1.54) is 12.1 Å². The normalized spacial score (nSPS) is 24.6. The Hall–Kier alpha value is -3.23. The maximum atomic E-state index is 14.2. The number of nitrogens with zero attached hydrogens (tertiary/aromatic N) is 2. The monoisotopic (exact) mass is 395 g/mol. The summed E-state index contributed by atoms with van der Waals surface area (Å²) in [6.07, 6.45) is 0.466.